The van der Waals surface area contributed by atoms with Crippen LogP contribution in [0, 0.1) is 11.8 Å². The van der Waals surface area contributed by atoms with E-state index in [0.29, 0.717) is 24.8 Å². The molecule has 0 unspecified atom stereocenters. The zero-order valence-electron chi connectivity index (χ0n) is 11.5. The van der Waals surface area contributed by atoms with Crippen molar-refractivity contribution in [2.45, 2.75) is 51.4 Å². The Hall–Kier alpha value is -1.13. The van der Waals surface area contributed by atoms with E-state index in [2.05, 4.69) is 6.58 Å². The molecule has 0 saturated carbocycles. The molecule has 1 heterocycles. The first kappa shape index (κ1) is 14.3. The summed E-state index contributed by atoms with van der Waals surface area (Å²) in [5.41, 5.74) is 1.49. The van der Waals surface area contributed by atoms with Gasteiger partial charge in [-0.15, -0.1) is 0 Å². The van der Waals surface area contributed by atoms with Crippen molar-refractivity contribution in [3.05, 3.63) is 23.8 Å². The van der Waals surface area contributed by atoms with Gasteiger partial charge >= 0.3 is 5.97 Å². The van der Waals surface area contributed by atoms with Crippen LogP contribution in [0.15, 0.2) is 23.8 Å². The number of aliphatic hydroxyl groups excluding tert-OH is 2. The van der Waals surface area contributed by atoms with Crippen LogP contribution in [0.25, 0.3) is 0 Å². The van der Waals surface area contributed by atoms with E-state index in [4.69, 9.17) is 4.74 Å². The lowest BCUT2D eigenvalue weighted by molar-refractivity contribution is -0.139. The summed E-state index contributed by atoms with van der Waals surface area (Å²) >= 11 is 0. The molecule has 0 spiro atoms. The number of carbonyl (C=O) groups is 1. The number of esters is 1. The lowest BCUT2D eigenvalue weighted by atomic mass is 9.89. The van der Waals surface area contributed by atoms with E-state index in [0.717, 1.165) is 5.57 Å². The molecule has 1 aliphatic carbocycles. The van der Waals surface area contributed by atoms with E-state index >= 15 is 0 Å². The SMILES string of the molecule is C=C1C(=O)O[C@@H]2C[C@@H](C)C([C@H](O)C[C@@H](C)O)=CC[C@@H]12. The highest BCUT2D eigenvalue weighted by Crippen LogP contribution is 2.39. The molecule has 2 N–H and O–H groups in total. The minimum Gasteiger partial charge on any atom is -0.458 e. The van der Waals surface area contributed by atoms with Crippen LogP contribution in [0.2, 0.25) is 0 Å². The van der Waals surface area contributed by atoms with Crippen molar-refractivity contribution >= 4 is 5.97 Å². The molecule has 5 atom stereocenters. The summed E-state index contributed by atoms with van der Waals surface area (Å²) in [5, 5.41) is 19.5. The van der Waals surface area contributed by atoms with Gasteiger partial charge in [0.2, 0.25) is 0 Å². The zero-order valence-corrected chi connectivity index (χ0v) is 11.5. The first-order valence-electron chi connectivity index (χ1n) is 6.86. The van der Waals surface area contributed by atoms with E-state index in [1.54, 1.807) is 6.92 Å². The molecule has 0 radical (unpaired) electrons. The Morgan fingerprint density at radius 1 is 1.53 bits per heavy atom. The third-order valence-electron chi connectivity index (χ3n) is 4.13. The molecule has 0 aromatic heterocycles. The largest absolute Gasteiger partial charge is 0.458 e. The van der Waals surface area contributed by atoms with Gasteiger partial charge in [-0.25, -0.2) is 4.79 Å². The Balaban J connectivity index is 2.13. The van der Waals surface area contributed by atoms with Crippen molar-refractivity contribution in [2.75, 3.05) is 0 Å². The van der Waals surface area contributed by atoms with E-state index in [1.165, 1.54) is 0 Å². The topological polar surface area (TPSA) is 66.8 Å². The third-order valence-corrected chi connectivity index (χ3v) is 4.13. The average molecular weight is 266 g/mol. The summed E-state index contributed by atoms with van der Waals surface area (Å²) in [5.74, 6) is -0.114. The standard InChI is InChI=1S/C15H22O4/c1-8-6-14-12(10(3)15(18)19-14)5-4-11(8)13(17)7-9(2)16/h4,8-9,12-14,16-17H,3,5-7H2,1-2H3/t8-,9-,12+,13-,14-/m1/s1. The van der Waals surface area contributed by atoms with Crippen LogP contribution < -0.4 is 0 Å². The number of fused-ring (bicyclic) bond motifs is 1. The maximum atomic E-state index is 11.5. The lowest BCUT2D eigenvalue weighted by Gasteiger charge is -2.22. The molecule has 1 saturated heterocycles. The van der Waals surface area contributed by atoms with Crippen molar-refractivity contribution in [3.8, 4) is 0 Å². The number of carbonyl (C=O) groups excluding carboxylic acids is 1. The Labute approximate surface area is 113 Å². The smallest absolute Gasteiger partial charge is 0.334 e. The molecular weight excluding hydrogens is 244 g/mol. The predicted molar refractivity (Wildman–Crippen MR) is 71.3 cm³/mol. The van der Waals surface area contributed by atoms with Gasteiger partial charge in [-0.2, -0.15) is 0 Å². The third kappa shape index (κ3) is 2.90. The van der Waals surface area contributed by atoms with Crippen LogP contribution in [-0.4, -0.2) is 34.5 Å². The highest BCUT2D eigenvalue weighted by Gasteiger charge is 2.41. The quantitative estimate of drug-likeness (QED) is 0.462. The minimum absolute atomic E-state index is 0.0335. The van der Waals surface area contributed by atoms with Gasteiger partial charge in [0.05, 0.1) is 12.2 Å². The van der Waals surface area contributed by atoms with Gasteiger partial charge in [0.1, 0.15) is 6.10 Å². The zero-order chi connectivity index (χ0) is 14.2. The number of allylic oxidation sites excluding steroid dienone is 1. The molecule has 0 aromatic rings. The summed E-state index contributed by atoms with van der Waals surface area (Å²) in [7, 11) is 0. The van der Waals surface area contributed by atoms with Crippen molar-refractivity contribution in [1.82, 2.24) is 0 Å². The molecule has 2 rings (SSSR count). The minimum atomic E-state index is -0.627. The Kier molecular flexibility index (Phi) is 4.11. The van der Waals surface area contributed by atoms with Crippen molar-refractivity contribution in [1.29, 1.82) is 0 Å². The van der Waals surface area contributed by atoms with Gasteiger partial charge in [-0.3, -0.25) is 0 Å². The predicted octanol–water partition coefficient (Wildman–Crippen LogP) is 1.57. The molecule has 4 nitrogen and oxygen atoms in total. The molecule has 1 aliphatic heterocycles. The molecule has 0 amide bonds. The van der Waals surface area contributed by atoms with Crippen molar-refractivity contribution in [2.24, 2.45) is 11.8 Å². The Morgan fingerprint density at radius 2 is 2.21 bits per heavy atom. The maximum Gasteiger partial charge on any atom is 0.334 e. The molecular formula is C15H22O4. The number of hydrogen-bond donors (Lipinski definition) is 2. The maximum absolute atomic E-state index is 11.5. The highest BCUT2D eigenvalue weighted by molar-refractivity contribution is 5.90. The monoisotopic (exact) mass is 266 g/mol. The number of aliphatic hydroxyl groups is 2. The van der Waals surface area contributed by atoms with Gasteiger partial charge in [-0.05, 0) is 31.3 Å². The van der Waals surface area contributed by atoms with Crippen LogP contribution in [0.5, 0.6) is 0 Å². The molecule has 2 aliphatic rings. The Morgan fingerprint density at radius 3 is 2.84 bits per heavy atom. The van der Waals surface area contributed by atoms with E-state index in [1.807, 2.05) is 13.0 Å². The number of rotatable bonds is 3. The normalized spacial score (nSPS) is 34.1. The first-order chi connectivity index (χ1) is 8.90. The molecule has 4 heteroatoms. The summed E-state index contributed by atoms with van der Waals surface area (Å²) in [6, 6.07) is 0. The Bertz CT molecular complexity index is 410. The van der Waals surface area contributed by atoms with Gasteiger partial charge in [0.15, 0.2) is 0 Å². The average Bonchev–Trinajstić information content (AvgIpc) is 2.47. The lowest BCUT2D eigenvalue weighted by Crippen LogP contribution is -2.23. The molecule has 1 fully saturated rings. The summed E-state index contributed by atoms with van der Waals surface area (Å²) in [6.45, 7) is 7.49. The van der Waals surface area contributed by atoms with Gasteiger partial charge < -0.3 is 14.9 Å². The van der Waals surface area contributed by atoms with Crippen molar-refractivity contribution in [3.63, 3.8) is 0 Å². The highest BCUT2D eigenvalue weighted by atomic mass is 16.6. The van der Waals surface area contributed by atoms with Gasteiger partial charge in [0.25, 0.3) is 0 Å². The van der Waals surface area contributed by atoms with Crippen LogP contribution in [0.1, 0.15) is 33.1 Å². The first-order valence-corrected chi connectivity index (χ1v) is 6.86. The fourth-order valence-corrected chi connectivity index (χ4v) is 3.05. The molecule has 0 aromatic carbocycles. The number of ether oxygens (including phenoxy) is 1. The van der Waals surface area contributed by atoms with Crippen LogP contribution in [0.3, 0.4) is 0 Å². The van der Waals surface area contributed by atoms with Crippen LogP contribution >= 0.6 is 0 Å². The van der Waals surface area contributed by atoms with E-state index < -0.39 is 12.2 Å². The summed E-state index contributed by atoms with van der Waals surface area (Å²) in [6.07, 6.45) is 2.44. The fraction of sp³-hybridized carbons (Fsp3) is 0.667. The van der Waals surface area contributed by atoms with Gasteiger partial charge in [-0.1, -0.05) is 19.6 Å². The summed E-state index contributed by atoms with van der Waals surface area (Å²) < 4.78 is 5.33. The second-order valence-electron chi connectivity index (χ2n) is 5.75. The van der Waals surface area contributed by atoms with E-state index in [9.17, 15) is 15.0 Å². The molecule has 0 bridgehead atoms. The van der Waals surface area contributed by atoms with E-state index in [-0.39, 0.29) is 23.9 Å². The van der Waals surface area contributed by atoms with Gasteiger partial charge in [0, 0.05) is 17.9 Å². The molecule has 106 valence electrons. The van der Waals surface area contributed by atoms with Crippen LogP contribution in [-0.2, 0) is 9.53 Å². The number of hydrogen-bond acceptors (Lipinski definition) is 4. The van der Waals surface area contributed by atoms with Crippen molar-refractivity contribution < 1.29 is 19.7 Å². The second-order valence-corrected chi connectivity index (χ2v) is 5.75. The fourth-order valence-electron chi connectivity index (χ4n) is 3.05. The van der Waals surface area contributed by atoms with Crippen LogP contribution in [0.4, 0.5) is 0 Å². The summed E-state index contributed by atoms with van der Waals surface area (Å²) in [4.78, 5) is 11.5. The second kappa shape index (κ2) is 5.47. The molecule has 19 heavy (non-hydrogen) atoms.